The summed E-state index contributed by atoms with van der Waals surface area (Å²) in [5, 5.41) is 9.08. The second kappa shape index (κ2) is 5.26. The van der Waals surface area contributed by atoms with Crippen molar-refractivity contribution in [2.75, 3.05) is 0 Å². The Labute approximate surface area is 104 Å². The Morgan fingerprint density at radius 1 is 1.22 bits per heavy atom. The summed E-state index contributed by atoms with van der Waals surface area (Å²) in [4.78, 5) is 12.1. The Balaban J connectivity index is 2.27. The molecule has 0 aromatic heterocycles. The number of benzene rings is 1. The van der Waals surface area contributed by atoms with E-state index in [-0.39, 0.29) is 17.3 Å². The van der Waals surface area contributed by atoms with Crippen molar-refractivity contribution in [2.24, 2.45) is 5.92 Å². The topological polar surface area (TPSA) is 40.9 Å². The number of carbonyl (C=O) groups excluding carboxylic acids is 1. The Hall–Kier alpha value is -1.76. The van der Waals surface area contributed by atoms with Crippen LogP contribution in [0.2, 0.25) is 0 Å². The predicted molar refractivity (Wildman–Crippen MR) is 61.7 cm³/mol. The minimum atomic E-state index is -1.06. The summed E-state index contributed by atoms with van der Waals surface area (Å²) >= 11 is 0. The van der Waals surface area contributed by atoms with Gasteiger partial charge in [-0.2, -0.15) is 5.26 Å². The molecular formula is C14H13F2NO. The number of hydrogen-bond donors (Lipinski definition) is 0. The molecule has 0 aliphatic heterocycles. The molecule has 1 unspecified atom stereocenters. The molecule has 18 heavy (non-hydrogen) atoms. The van der Waals surface area contributed by atoms with E-state index in [2.05, 4.69) is 0 Å². The van der Waals surface area contributed by atoms with Gasteiger partial charge in [0.1, 0.15) is 17.6 Å². The second-order valence-corrected chi connectivity index (χ2v) is 4.65. The fourth-order valence-electron chi connectivity index (χ4n) is 2.49. The number of rotatable bonds is 3. The molecule has 1 aliphatic carbocycles. The zero-order valence-corrected chi connectivity index (χ0v) is 9.83. The third-order valence-corrected chi connectivity index (χ3v) is 3.39. The summed E-state index contributed by atoms with van der Waals surface area (Å²) in [5.74, 6) is -2.92. The van der Waals surface area contributed by atoms with E-state index in [4.69, 9.17) is 5.26 Å². The lowest BCUT2D eigenvalue weighted by Crippen LogP contribution is -2.19. The Kier molecular flexibility index (Phi) is 3.71. The first-order chi connectivity index (χ1) is 8.61. The monoisotopic (exact) mass is 249 g/mol. The van der Waals surface area contributed by atoms with Crippen LogP contribution in [0.5, 0.6) is 0 Å². The summed E-state index contributed by atoms with van der Waals surface area (Å²) in [5.41, 5.74) is 0.118. The van der Waals surface area contributed by atoms with Crippen LogP contribution in [0.15, 0.2) is 18.2 Å². The van der Waals surface area contributed by atoms with Crippen LogP contribution in [0.4, 0.5) is 8.78 Å². The molecule has 0 heterocycles. The number of carbonyl (C=O) groups is 1. The van der Waals surface area contributed by atoms with E-state index in [1.807, 2.05) is 6.07 Å². The summed E-state index contributed by atoms with van der Waals surface area (Å²) in [7, 11) is 0. The van der Waals surface area contributed by atoms with Crippen molar-refractivity contribution >= 4 is 5.78 Å². The lowest BCUT2D eigenvalue weighted by Gasteiger charge is -2.13. The minimum absolute atomic E-state index is 0.118. The van der Waals surface area contributed by atoms with Gasteiger partial charge in [0.25, 0.3) is 0 Å². The highest BCUT2D eigenvalue weighted by molar-refractivity contribution is 5.90. The maximum absolute atomic E-state index is 13.1. The van der Waals surface area contributed by atoms with Crippen LogP contribution in [-0.4, -0.2) is 5.78 Å². The number of nitriles is 1. The molecule has 2 rings (SSSR count). The van der Waals surface area contributed by atoms with E-state index in [9.17, 15) is 13.6 Å². The minimum Gasteiger partial charge on any atom is -0.298 e. The van der Waals surface area contributed by atoms with Gasteiger partial charge in [-0.15, -0.1) is 0 Å². The summed E-state index contributed by atoms with van der Waals surface area (Å²) in [6, 6.07) is 4.72. The Morgan fingerprint density at radius 2 is 1.78 bits per heavy atom. The maximum Gasteiger partial charge on any atom is 0.157 e. The van der Waals surface area contributed by atoms with Gasteiger partial charge >= 0.3 is 0 Å². The van der Waals surface area contributed by atoms with Crippen molar-refractivity contribution < 1.29 is 13.6 Å². The van der Waals surface area contributed by atoms with Gasteiger partial charge in [-0.05, 0) is 30.5 Å². The predicted octanol–water partition coefficient (Wildman–Crippen LogP) is 3.33. The molecule has 1 atom stereocenters. The largest absolute Gasteiger partial charge is 0.298 e. The third-order valence-electron chi connectivity index (χ3n) is 3.39. The fraction of sp³-hybridized carbons (Fsp3) is 0.429. The van der Waals surface area contributed by atoms with E-state index in [0.717, 1.165) is 43.9 Å². The van der Waals surface area contributed by atoms with Crippen LogP contribution in [0.3, 0.4) is 0 Å². The molecule has 4 heteroatoms. The summed E-state index contributed by atoms with van der Waals surface area (Å²) in [6.07, 6.45) is 3.50. The average molecular weight is 249 g/mol. The van der Waals surface area contributed by atoms with Gasteiger partial charge in [0.2, 0.25) is 0 Å². The van der Waals surface area contributed by atoms with Crippen molar-refractivity contribution in [3.63, 3.8) is 0 Å². The van der Waals surface area contributed by atoms with Gasteiger partial charge in [-0.3, -0.25) is 4.79 Å². The van der Waals surface area contributed by atoms with Crippen LogP contribution in [0, 0.1) is 28.9 Å². The van der Waals surface area contributed by atoms with E-state index >= 15 is 0 Å². The molecule has 1 fully saturated rings. The van der Waals surface area contributed by atoms with Crippen molar-refractivity contribution in [1.82, 2.24) is 0 Å². The molecule has 0 amide bonds. The quantitative estimate of drug-likeness (QED) is 0.824. The SMILES string of the molecule is N#CC(C(=O)C1CCCC1)c1cc(F)cc(F)c1. The number of nitrogens with zero attached hydrogens (tertiary/aromatic N) is 1. The molecule has 0 radical (unpaired) electrons. The average Bonchev–Trinajstić information content (AvgIpc) is 2.81. The molecule has 0 spiro atoms. The highest BCUT2D eigenvalue weighted by atomic mass is 19.1. The number of ketones is 1. The van der Waals surface area contributed by atoms with Crippen LogP contribution in [0.25, 0.3) is 0 Å². The van der Waals surface area contributed by atoms with Crippen LogP contribution >= 0.6 is 0 Å². The second-order valence-electron chi connectivity index (χ2n) is 4.65. The van der Waals surface area contributed by atoms with E-state index in [1.165, 1.54) is 0 Å². The molecule has 2 nitrogen and oxygen atoms in total. The van der Waals surface area contributed by atoms with Crippen molar-refractivity contribution in [3.05, 3.63) is 35.4 Å². The number of Topliss-reactive ketones (excluding diaryl/α,β-unsaturated/α-hetero) is 1. The summed E-state index contributed by atoms with van der Waals surface area (Å²) < 4.78 is 26.2. The van der Waals surface area contributed by atoms with Crippen LogP contribution in [-0.2, 0) is 4.79 Å². The van der Waals surface area contributed by atoms with E-state index in [0.29, 0.717) is 0 Å². The lowest BCUT2D eigenvalue weighted by atomic mass is 9.87. The zero-order valence-electron chi connectivity index (χ0n) is 9.83. The third kappa shape index (κ3) is 2.56. The summed E-state index contributed by atoms with van der Waals surface area (Å²) in [6.45, 7) is 0. The van der Waals surface area contributed by atoms with Gasteiger partial charge in [-0.1, -0.05) is 12.8 Å². The molecule has 1 aromatic rings. The standard InChI is InChI=1S/C14H13F2NO/c15-11-5-10(6-12(16)7-11)13(8-17)14(18)9-3-1-2-4-9/h5-7,9,13H,1-4H2. The van der Waals surface area contributed by atoms with Crippen molar-refractivity contribution in [1.29, 1.82) is 5.26 Å². The Bertz CT molecular complexity index is 481. The number of hydrogen-bond acceptors (Lipinski definition) is 2. The van der Waals surface area contributed by atoms with Gasteiger partial charge in [0, 0.05) is 12.0 Å². The molecule has 1 aliphatic rings. The first kappa shape index (κ1) is 12.7. The highest BCUT2D eigenvalue weighted by Crippen LogP contribution is 2.31. The first-order valence-corrected chi connectivity index (χ1v) is 6.01. The molecule has 0 bridgehead atoms. The van der Waals surface area contributed by atoms with Gasteiger partial charge in [-0.25, -0.2) is 8.78 Å². The molecular weight excluding hydrogens is 236 g/mol. The van der Waals surface area contributed by atoms with E-state index < -0.39 is 17.6 Å². The maximum atomic E-state index is 13.1. The zero-order chi connectivity index (χ0) is 13.1. The van der Waals surface area contributed by atoms with Gasteiger partial charge in [0.15, 0.2) is 5.78 Å². The fourth-order valence-corrected chi connectivity index (χ4v) is 2.49. The molecule has 94 valence electrons. The Morgan fingerprint density at radius 3 is 2.28 bits per heavy atom. The first-order valence-electron chi connectivity index (χ1n) is 6.01. The van der Waals surface area contributed by atoms with Gasteiger partial charge in [0.05, 0.1) is 6.07 Å². The van der Waals surface area contributed by atoms with Crippen molar-refractivity contribution in [3.8, 4) is 6.07 Å². The van der Waals surface area contributed by atoms with Crippen molar-refractivity contribution in [2.45, 2.75) is 31.6 Å². The lowest BCUT2D eigenvalue weighted by molar-refractivity contribution is -0.123. The van der Waals surface area contributed by atoms with Crippen LogP contribution < -0.4 is 0 Å². The smallest absolute Gasteiger partial charge is 0.157 e. The van der Waals surface area contributed by atoms with E-state index in [1.54, 1.807) is 0 Å². The molecule has 0 N–H and O–H groups in total. The molecule has 0 saturated heterocycles. The number of halogens is 2. The van der Waals surface area contributed by atoms with Crippen LogP contribution in [0.1, 0.15) is 37.2 Å². The molecule has 1 aromatic carbocycles. The normalized spacial score (nSPS) is 17.4. The molecule has 1 saturated carbocycles. The van der Waals surface area contributed by atoms with Gasteiger partial charge < -0.3 is 0 Å². The highest BCUT2D eigenvalue weighted by Gasteiger charge is 2.30.